The van der Waals surface area contributed by atoms with Gasteiger partial charge in [-0.15, -0.1) is 0 Å². The van der Waals surface area contributed by atoms with E-state index in [0.29, 0.717) is 49.4 Å². The average Bonchev–Trinajstić information content (AvgIpc) is 2.99. The summed E-state index contributed by atoms with van der Waals surface area (Å²) >= 11 is 0. The minimum absolute atomic E-state index is 0.00674. The number of amides is 3. The molecule has 0 saturated carbocycles. The number of carbonyl (C=O) groups excluding carboxylic acids is 3. The molecule has 1 N–H and O–H groups in total. The number of aryl methyl sites for hydroxylation is 1. The molecule has 0 atom stereocenters. The fourth-order valence-corrected chi connectivity index (χ4v) is 3.45. The Balaban J connectivity index is 1.66. The molecule has 1 fully saturated rings. The summed E-state index contributed by atoms with van der Waals surface area (Å²) in [6.07, 6.45) is 1.12. The Morgan fingerprint density at radius 1 is 0.862 bits per heavy atom. The quantitative estimate of drug-likeness (QED) is 0.866. The van der Waals surface area contributed by atoms with E-state index >= 15 is 0 Å². The van der Waals surface area contributed by atoms with Crippen LogP contribution in [0.15, 0.2) is 48.5 Å². The van der Waals surface area contributed by atoms with Crippen LogP contribution in [0, 0.1) is 6.92 Å². The third kappa shape index (κ3) is 5.22. The zero-order valence-electron chi connectivity index (χ0n) is 17.0. The number of nitrogens with one attached hydrogen (secondary N) is 1. The lowest BCUT2D eigenvalue weighted by Crippen LogP contribution is -2.37. The third-order valence-electron chi connectivity index (χ3n) is 5.05. The first-order chi connectivity index (χ1) is 14.0. The van der Waals surface area contributed by atoms with E-state index in [1.54, 1.807) is 36.1 Å². The van der Waals surface area contributed by atoms with E-state index in [2.05, 4.69) is 5.32 Å². The molecule has 0 aromatic heterocycles. The molecule has 1 aliphatic heterocycles. The fraction of sp³-hybridized carbons (Fsp3) is 0.348. The van der Waals surface area contributed by atoms with E-state index < -0.39 is 0 Å². The van der Waals surface area contributed by atoms with Gasteiger partial charge in [-0.1, -0.05) is 30.7 Å². The molecular formula is C23H27N3O3. The van der Waals surface area contributed by atoms with Crippen LogP contribution in [0.1, 0.15) is 46.0 Å². The summed E-state index contributed by atoms with van der Waals surface area (Å²) in [6, 6.07) is 14.6. The minimum Gasteiger partial charge on any atom is -0.337 e. The van der Waals surface area contributed by atoms with Crippen LogP contribution in [-0.4, -0.2) is 53.7 Å². The maximum absolute atomic E-state index is 13.0. The second-order valence-electron chi connectivity index (χ2n) is 7.29. The van der Waals surface area contributed by atoms with Gasteiger partial charge < -0.3 is 15.1 Å². The van der Waals surface area contributed by atoms with Crippen LogP contribution < -0.4 is 5.32 Å². The Morgan fingerprint density at radius 3 is 2.03 bits per heavy atom. The normalized spacial score (nSPS) is 14.3. The highest BCUT2D eigenvalue weighted by molar-refractivity contribution is 5.97. The molecule has 2 aromatic carbocycles. The lowest BCUT2D eigenvalue weighted by Gasteiger charge is -2.22. The summed E-state index contributed by atoms with van der Waals surface area (Å²) in [7, 11) is 0. The van der Waals surface area contributed by atoms with Crippen molar-refractivity contribution in [3.05, 3.63) is 65.2 Å². The lowest BCUT2D eigenvalue weighted by molar-refractivity contribution is -0.115. The second kappa shape index (κ2) is 9.37. The van der Waals surface area contributed by atoms with Gasteiger partial charge in [-0.3, -0.25) is 14.4 Å². The molecule has 0 bridgehead atoms. The summed E-state index contributed by atoms with van der Waals surface area (Å²) in [5.74, 6) is -0.163. The van der Waals surface area contributed by atoms with E-state index in [-0.39, 0.29) is 17.7 Å². The van der Waals surface area contributed by atoms with Crippen molar-refractivity contribution in [2.24, 2.45) is 0 Å². The topological polar surface area (TPSA) is 69.7 Å². The zero-order valence-corrected chi connectivity index (χ0v) is 17.0. The largest absolute Gasteiger partial charge is 0.337 e. The molecular weight excluding hydrogens is 366 g/mol. The van der Waals surface area contributed by atoms with Crippen LogP contribution in [0.25, 0.3) is 0 Å². The second-order valence-corrected chi connectivity index (χ2v) is 7.29. The number of benzene rings is 2. The van der Waals surface area contributed by atoms with Crippen LogP contribution in [0.2, 0.25) is 0 Å². The number of rotatable bonds is 4. The summed E-state index contributed by atoms with van der Waals surface area (Å²) < 4.78 is 0. The lowest BCUT2D eigenvalue weighted by atomic mass is 10.1. The van der Waals surface area contributed by atoms with Crippen LogP contribution in [0.4, 0.5) is 5.69 Å². The summed E-state index contributed by atoms with van der Waals surface area (Å²) in [5, 5.41) is 2.78. The third-order valence-corrected chi connectivity index (χ3v) is 5.05. The molecule has 3 amide bonds. The zero-order chi connectivity index (χ0) is 20.8. The highest BCUT2D eigenvalue weighted by Gasteiger charge is 2.23. The number of nitrogens with zero attached hydrogens (tertiary/aromatic N) is 2. The molecule has 0 aliphatic carbocycles. The Morgan fingerprint density at radius 2 is 1.45 bits per heavy atom. The minimum atomic E-state index is -0.0883. The predicted molar refractivity (Wildman–Crippen MR) is 113 cm³/mol. The predicted octanol–water partition coefficient (Wildman–Crippen LogP) is 3.33. The maximum Gasteiger partial charge on any atom is 0.253 e. The monoisotopic (exact) mass is 393 g/mol. The van der Waals surface area contributed by atoms with Gasteiger partial charge >= 0.3 is 0 Å². The number of hydrogen-bond donors (Lipinski definition) is 1. The van der Waals surface area contributed by atoms with Crippen molar-refractivity contribution in [3.63, 3.8) is 0 Å². The van der Waals surface area contributed by atoms with Gasteiger partial charge in [0.15, 0.2) is 0 Å². The molecule has 1 saturated heterocycles. The van der Waals surface area contributed by atoms with Crippen LogP contribution >= 0.6 is 0 Å². The fourth-order valence-electron chi connectivity index (χ4n) is 3.45. The molecule has 152 valence electrons. The number of anilines is 1. The van der Waals surface area contributed by atoms with E-state index in [9.17, 15) is 14.4 Å². The van der Waals surface area contributed by atoms with Gasteiger partial charge in [0, 0.05) is 49.4 Å². The van der Waals surface area contributed by atoms with Crippen molar-refractivity contribution in [1.82, 2.24) is 9.80 Å². The number of hydrogen-bond acceptors (Lipinski definition) is 3. The van der Waals surface area contributed by atoms with Crippen LogP contribution in [-0.2, 0) is 4.79 Å². The smallest absolute Gasteiger partial charge is 0.253 e. The van der Waals surface area contributed by atoms with Gasteiger partial charge in [0.2, 0.25) is 5.91 Å². The van der Waals surface area contributed by atoms with Crippen molar-refractivity contribution in [1.29, 1.82) is 0 Å². The first-order valence-electron chi connectivity index (χ1n) is 10.0. The van der Waals surface area contributed by atoms with Gasteiger partial charge in [-0.25, -0.2) is 0 Å². The van der Waals surface area contributed by atoms with Gasteiger partial charge in [-0.05, 0) is 43.7 Å². The molecule has 0 spiro atoms. The first-order valence-corrected chi connectivity index (χ1v) is 10.0. The van der Waals surface area contributed by atoms with Crippen molar-refractivity contribution < 1.29 is 14.4 Å². The summed E-state index contributed by atoms with van der Waals surface area (Å²) in [5.41, 5.74) is 2.90. The molecule has 6 heteroatoms. The van der Waals surface area contributed by atoms with Crippen LogP contribution in [0.3, 0.4) is 0 Å². The standard InChI is InChI=1S/C23H27N3O3/c1-3-21(27)24-20-10-5-9-19(16-20)23(29)26-12-6-11-25(13-14-26)22(28)18-8-4-7-17(2)15-18/h4-5,7-10,15-16H,3,6,11-14H2,1-2H3,(H,24,27). The van der Waals surface area contributed by atoms with E-state index in [1.165, 1.54) is 0 Å². The van der Waals surface area contributed by atoms with Crippen molar-refractivity contribution in [3.8, 4) is 0 Å². The van der Waals surface area contributed by atoms with Crippen molar-refractivity contribution in [2.75, 3.05) is 31.5 Å². The van der Waals surface area contributed by atoms with Gasteiger partial charge in [-0.2, -0.15) is 0 Å². The van der Waals surface area contributed by atoms with Gasteiger partial charge in [0.1, 0.15) is 0 Å². The molecule has 29 heavy (non-hydrogen) atoms. The number of carbonyl (C=O) groups is 3. The highest BCUT2D eigenvalue weighted by atomic mass is 16.2. The Hall–Kier alpha value is -3.15. The SMILES string of the molecule is CCC(=O)Nc1cccc(C(=O)N2CCCN(C(=O)c3cccc(C)c3)CC2)c1. The van der Waals surface area contributed by atoms with Crippen LogP contribution in [0.5, 0.6) is 0 Å². The van der Waals surface area contributed by atoms with E-state index in [1.807, 2.05) is 36.1 Å². The molecule has 1 heterocycles. The highest BCUT2D eigenvalue weighted by Crippen LogP contribution is 2.16. The van der Waals surface area contributed by atoms with Gasteiger partial charge in [0.25, 0.3) is 11.8 Å². The molecule has 1 aliphatic rings. The average molecular weight is 393 g/mol. The Kier molecular flexibility index (Phi) is 6.65. The van der Waals surface area contributed by atoms with Crippen molar-refractivity contribution >= 4 is 23.4 Å². The molecule has 2 aromatic rings. The summed E-state index contributed by atoms with van der Waals surface area (Å²) in [6.45, 7) is 5.97. The maximum atomic E-state index is 13.0. The summed E-state index contributed by atoms with van der Waals surface area (Å²) in [4.78, 5) is 41.0. The van der Waals surface area contributed by atoms with Crippen molar-refractivity contribution in [2.45, 2.75) is 26.7 Å². The molecule has 6 nitrogen and oxygen atoms in total. The molecule has 0 radical (unpaired) electrons. The first kappa shape index (κ1) is 20.6. The molecule has 0 unspecified atom stereocenters. The Bertz CT molecular complexity index is 910. The molecule has 3 rings (SSSR count). The Labute approximate surface area is 171 Å². The van der Waals surface area contributed by atoms with E-state index in [4.69, 9.17) is 0 Å². The van der Waals surface area contributed by atoms with E-state index in [0.717, 1.165) is 12.0 Å². The van der Waals surface area contributed by atoms with Gasteiger partial charge in [0.05, 0.1) is 0 Å².